The first-order valence-electron chi connectivity index (χ1n) is 7.63. The lowest BCUT2D eigenvalue weighted by molar-refractivity contribution is -0.0253. The van der Waals surface area contributed by atoms with Gasteiger partial charge in [0.1, 0.15) is 0 Å². The van der Waals surface area contributed by atoms with Crippen LogP contribution in [0.15, 0.2) is 12.1 Å². The second-order valence-electron chi connectivity index (χ2n) is 5.33. The van der Waals surface area contributed by atoms with Gasteiger partial charge in [0.2, 0.25) is 0 Å². The molecule has 0 unspecified atom stereocenters. The van der Waals surface area contributed by atoms with E-state index in [1.807, 2.05) is 12.1 Å². The molecule has 1 N–H and O–H groups in total. The first kappa shape index (κ1) is 17.3. The highest BCUT2D eigenvalue weighted by molar-refractivity contribution is 6.32. The van der Waals surface area contributed by atoms with Crippen LogP contribution in [-0.2, 0) is 11.3 Å². The standard InChI is InChI=1S/C16H25ClN2O3/c1-4-19-5-6-22-13(11-19)10-18-9-12-7-14(17)16(21-3)15(8-12)20-2/h7-8,13,18H,4-6,9-11H2,1-3H3/t13-/m0/s1. The number of nitrogens with one attached hydrogen (secondary N) is 1. The van der Waals surface area contributed by atoms with Gasteiger partial charge in [-0.2, -0.15) is 0 Å². The number of methoxy groups -OCH3 is 2. The third kappa shape index (κ3) is 4.49. The molecule has 1 aromatic rings. The van der Waals surface area contributed by atoms with Crippen molar-refractivity contribution in [3.05, 3.63) is 22.7 Å². The van der Waals surface area contributed by atoms with Gasteiger partial charge in [-0.25, -0.2) is 0 Å². The lowest BCUT2D eigenvalue weighted by atomic mass is 10.2. The van der Waals surface area contributed by atoms with Crippen LogP contribution >= 0.6 is 11.6 Å². The quantitative estimate of drug-likeness (QED) is 0.831. The van der Waals surface area contributed by atoms with Gasteiger partial charge in [0.05, 0.1) is 32.0 Å². The maximum atomic E-state index is 6.21. The highest BCUT2D eigenvalue weighted by Gasteiger charge is 2.18. The second kappa shape index (κ2) is 8.58. The van der Waals surface area contributed by atoms with Gasteiger partial charge in [-0.15, -0.1) is 0 Å². The lowest BCUT2D eigenvalue weighted by Crippen LogP contribution is -2.46. The molecule has 1 fully saturated rings. The summed E-state index contributed by atoms with van der Waals surface area (Å²) in [5.41, 5.74) is 1.06. The normalized spacial score (nSPS) is 19.2. The SMILES string of the molecule is CCN1CCO[C@@H](CNCc2cc(Cl)c(OC)c(OC)c2)C1. The van der Waals surface area contributed by atoms with Crippen molar-refractivity contribution in [2.24, 2.45) is 0 Å². The summed E-state index contributed by atoms with van der Waals surface area (Å²) in [4.78, 5) is 2.41. The maximum absolute atomic E-state index is 6.21. The predicted octanol–water partition coefficient (Wildman–Crippen LogP) is 2.17. The molecule has 0 bridgehead atoms. The van der Waals surface area contributed by atoms with Crippen molar-refractivity contribution in [2.75, 3.05) is 47.0 Å². The van der Waals surface area contributed by atoms with Crippen molar-refractivity contribution < 1.29 is 14.2 Å². The first-order chi connectivity index (χ1) is 10.7. The van der Waals surface area contributed by atoms with Gasteiger partial charge in [0.15, 0.2) is 11.5 Å². The molecule has 1 aromatic carbocycles. The molecule has 1 aliphatic rings. The number of benzene rings is 1. The number of hydrogen-bond acceptors (Lipinski definition) is 5. The van der Waals surface area contributed by atoms with Crippen LogP contribution in [-0.4, -0.2) is 58.0 Å². The van der Waals surface area contributed by atoms with E-state index in [0.29, 0.717) is 23.1 Å². The zero-order chi connectivity index (χ0) is 15.9. The van der Waals surface area contributed by atoms with Crippen molar-refractivity contribution in [2.45, 2.75) is 19.6 Å². The monoisotopic (exact) mass is 328 g/mol. The lowest BCUT2D eigenvalue weighted by Gasteiger charge is -2.32. The summed E-state index contributed by atoms with van der Waals surface area (Å²) < 4.78 is 16.3. The average molecular weight is 329 g/mol. The molecule has 22 heavy (non-hydrogen) atoms. The second-order valence-corrected chi connectivity index (χ2v) is 5.74. The average Bonchev–Trinajstić information content (AvgIpc) is 2.54. The zero-order valence-corrected chi connectivity index (χ0v) is 14.3. The summed E-state index contributed by atoms with van der Waals surface area (Å²) in [6.07, 6.45) is 0.240. The number of ether oxygens (including phenoxy) is 3. The van der Waals surface area contributed by atoms with Crippen LogP contribution in [0, 0.1) is 0 Å². The van der Waals surface area contributed by atoms with Crippen molar-refractivity contribution >= 4 is 11.6 Å². The third-order valence-corrected chi connectivity index (χ3v) is 4.15. The third-order valence-electron chi connectivity index (χ3n) is 3.86. The summed E-state index contributed by atoms with van der Waals surface area (Å²) in [7, 11) is 3.20. The number of likely N-dealkylation sites (N-methyl/N-ethyl adjacent to an activating group) is 1. The molecule has 0 spiro atoms. The summed E-state index contributed by atoms with van der Waals surface area (Å²) in [6, 6.07) is 3.84. The van der Waals surface area contributed by atoms with Gasteiger partial charge in [-0.1, -0.05) is 18.5 Å². The van der Waals surface area contributed by atoms with E-state index in [9.17, 15) is 0 Å². The van der Waals surface area contributed by atoms with E-state index in [-0.39, 0.29) is 6.10 Å². The fourth-order valence-electron chi connectivity index (χ4n) is 2.64. The summed E-state index contributed by atoms with van der Waals surface area (Å²) >= 11 is 6.21. The van der Waals surface area contributed by atoms with Gasteiger partial charge in [-0.3, -0.25) is 4.90 Å². The van der Waals surface area contributed by atoms with E-state index in [4.69, 9.17) is 25.8 Å². The minimum absolute atomic E-state index is 0.240. The topological polar surface area (TPSA) is 43.0 Å². The van der Waals surface area contributed by atoms with Crippen LogP contribution in [0.3, 0.4) is 0 Å². The minimum atomic E-state index is 0.240. The molecule has 0 saturated carbocycles. The molecule has 0 aromatic heterocycles. The zero-order valence-electron chi connectivity index (χ0n) is 13.5. The molecule has 1 saturated heterocycles. The molecular weight excluding hydrogens is 304 g/mol. The van der Waals surface area contributed by atoms with E-state index in [2.05, 4.69) is 17.1 Å². The number of nitrogens with zero attached hydrogens (tertiary/aromatic N) is 1. The largest absolute Gasteiger partial charge is 0.493 e. The van der Waals surface area contributed by atoms with Gasteiger partial charge in [0.25, 0.3) is 0 Å². The Balaban J connectivity index is 1.88. The molecule has 0 aliphatic carbocycles. The van der Waals surface area contributed by atoms with Crippen molar-refractivity contribution in [3.63, 3.8) is 0 Å². The molecular formula is C16H25ClN2O3. The van der Waals surface area contributed by atoms with Crippen LogP contribution in [0.4, 0.5) is 0 Å². The fourth-order valence-corrected chi connectivity index (χ4v) is 2.95. The highest BCUT2D eigenvalue weighted by atomic mass is 35.5. The van der Waals surface area contributed by atoms with Crippen LogP contribution in [0.25, 0.3) is 0 Å². The summed E-state index contributed by atoms with van der Waals surface area (Å²) in [5, 5.41) is 3.99. The van der Waals surface area contributed by atoms with Crippen LogP contribution in [0.5, 0.6) is 11.5 Å². The first-order valence-corrected chi connectivity index (χ1v) is 8.00. The molecule has 5 nitrogen and oxygen atoms in total. The van der Waals surface area contributed by atoms with E-state index in [0.717, 1.165) is 38.3 Å². The number of morpholine rings is 1. The van der Waals surface area contributed by atoms with Crippen molar-refractivity contribution in [3.8, 4) is 11.5 Å². The van der Waals surface area contributed by atoms with E-state index in [1.165, 1.54) is 0 Å². The minimum Gasteiger partial charge on any atom is -0.493 e. The number of rotatable bonds is 7. The Labute approximate surface area is 137 Å². The van der Waals surface area contributed by atoms with Gasteiger partial charge < -0.3 is 19.5 Å². The highest BCUT2D eigenvalue weighted by Crippen LogP contribution is 2.35. The molecule has 124 valence electrons. The van der Waals surface area contributed by atoms with E-state index in [1.54, 1.807) is 14.2 Å². The van der Waals surface area contributed by atoms with Crippen molar-refractivity contribution in [1.29, 1.82) is 0 Å². The number of hydrogen-bond donors (Lipinski definition) is 1. The Morgan fingerprint density at radius 3 is 2.86 bits per heavy atom. The Hall–Kier alpha value is -1.01. The summed E-state index contributed by atoms with van der Waals surface area (Å²) in [5.74, 6) is 1.22. The Morgan fingerprint density at radius 1 is 1.36 bits per heavy atom. The molecule has 0 radical (unpaired) electrons. The Bertz CT molecular complexity index is 485. The molecule has 1 heterocycles. The van der Waals surface area contributed by atoms with Crippen LogP contribution < -0.4 is 14.8 Å². The van der Waals surface area contributed by atoms with E-state index >= 15 is 0 Å². The molecule has 1 atom stereocenters. The van der Waals surface area contributed by atoms with Crippen LogP contribution in [0.2, 0.25) is 5.02 Å². The Kier molecular flexibility index (Phi) is 6.76. The predicted molar refractivity (Wildman–Crippen MR) is 88.1 cm³/mol. The van der Waals surface area contributed by atoms with Gasteiger partial charge >= 0.3 is 0 Å². The fraction of sp³-hybridized carbons (Fsp3) is 0.625. The summed E-state index contributed by atoms with van der Waals surface area (Å²) in [6.45, 7) is 7.61. The van der Waals surface area contributed by atoms with E-state index < -0.39 is 0 Å². The number of halogens is 1. The molecule has 1 aliphatic heterocycles. The van der Waals surface area contributed by atoms with Crippen molar-refractivity contribution in [1.82, 2.24) is 10.2 Å². The molecule has 0 amide bonds. The van der Waals surface area contributed by atoms with Gasteiger partial charge in [-0.05, 0) is 24.2 Å². The smallest absolute Gasteiger partial charge is 0.179 e. The van der Waals surface area contributed by atoms with Gasteiger partial charge in [0, 0.05) is 26.2 Å². The molecule has 2 rings (SSSR count). The molecule has 6 heteroatoms. The maximum Gasteiger partial charge on any atom is 0.179 e. The Morgan fingerprint density at radius 2 is 2.18 bits per heavy atom. The van der Waals surface area contributed by atoms with Crippen LogP contribution in [0.1, 0.15) is 12.5 Å².